The lowest BCUT2D eigenvalue weighted by atomic mass is 10.1. The predicted molar refractivity (Wildman–Crippen MR) is 179 cm³/mol. The van der Waals surface area contributed by atoms with E-state index in [9.17, 15) is 4.79 Å². The van der Waals surface area contributed by atoms with E-state index < -0.39 is 26.1 Å². The van der Waals surface area contributed by atoms with E-state index in [1.54, 1.807) is 36.1 Å². The van der Waals surface area contributed by atoms with Crippen molar-refractivity contribution in [1.82, 2.24) is 24.6 Å². The van der Waals surface area contributed by atoms with Gasteiger partial charge in [0.2, 0.25) is 0 Å². The predicted octanol–water partition coefficient (Wildman–Crippen LogP) is 8.56. The van der Waals surface area contributed by atoms with Crippen LogP contribution in [0.15, 0.2) is 28.9 Å². The summed E-state index contributed by atoms with van der Waals surface area (Å²) in [5, 5.41) is 5.02. The van der Waals surface area contributed by atoms with Crippen LogP contribution in [-0.4, -0.2) is 71.0 Å². The van der Waals surface area contributed by atoms with E-state index in [2.05, 4.69) is 59.9 Å². The summed E-state index contributed by atoms with van der Waals surface area (Å²) in [5.74, 6) is 0.902. The summed E-state index contributed by atoms with van der Waals surface area (Å²) in [7, 11) is 1.33. The number of aryl methyl sites for hydroxylation is 1. The van der Waals surface area contributed by atoms with Gasteiger partial charge in [0.05, 0.1) is 34.0 Å². The number of ether oxygens (including phenoxy) is 2. The lowest BCUT2D eigenvalue weighted by Gasteiger charge is -2.40. The van der Waals surface area contributed by atoms with Gasteiger partial charge in [-0.15, -0.1) is 0 Å². The van der Waals surface area contributed by atoms with E-state index in [1.807, 2.05) is 34.7 Å². The molecule has 0 aliphatic rings. The molecule has 1 atom stereocenters. The van der Waals surface area contributed by atoms with Crippen LogP contribution >= 0.6 is 39.1 Å². The molecular weight excluding hydrogens is 673 g/mol. The van der Waals surface area contributed by atoms with Crippen molar-refractivity contribution in [2.24, 2.45) is 7.05 Å². The third-order valence-corrected chi connectivity index (χ3v) is 13.1. The monoisotopic (exact) mass is 713 g/mol. The summed E-state index contributed by atoms with van der Waals surface area (Å²) in [5.41, 5.74) is 2.08. The number of likely N-dealkylation sites (N-methyl/N-ethyl adjacent to an activating group) is 1. The maximum atomic E-state index is 12.7. The normalized spacial score (nSPS) is 13.2. The number of hydrogen-bond donors (Lipinski definition) is 0. The third kappa shape index (κ3) is 8.94. The number of benzene rings is 1. The first-order chi connectivity index (χ1) is 19.7. The summed E-state index contributed by atoms with van der Waals surface area (Å²) in [6.45, 7) is 18.7. The molecule has 0 aliphatic carbocycles. The van der Waals surface area contributed by atoms with Crippen molar-refractivity contribution < 1.29 is 18.7 Å². The molecule has 3 rings (SSSR count). The van der Waals surface area contributed by atoms with Gasteiger partial charge >= 0.3 is 6.09 Å². The standard InChI is InChI=1S/C30H42BrCl2N5O4Si/c1-18-24(25-22(31)15-34-38(25)9)35-27(36-26(18)33)21-14-19(12-13-23(21)32)40-17-20(42-43(10,11)30(5,6)7)16-37(8)28(39)41-29(2,3)4/h12-15,20H,16-17H2,1-11H3/t20-/m1/s1. The Bertz CT molecular complexity index is 1450. The highest BCUT2D eigenvalue weighted by atomic mass is 79.9. The second-order valence-corrected chi connectivity index (χ2v) is 19.5. The molecule has 0 fully saturated rings. The van der Waals surface area contributed by atoms with Gasteiger partial charge in [-0.25, -0.2) is 14.8 Å². The topological polar surface area (TPSA) is 91.6 Å². The van der Waals surface area contributed by atoms with Crippen LogP contribution in [0.1, 0.15) is 47.1 Å². The molecular formula is C30H42BrCl2N5O4Si. The van der Waals surface area contributed by atoms with Gasteiger partial charge in [0.1, 0.15) is 28.8 Å². The molecule has 43 heavy (non-hydrogen) atoms. The maximum Gasteiger partial charge on any atom is 0.410 e. The Hall–Kier alpha value is -2.18. The van der Waals surface area contributed by atoms with Crippen LogP contribution in [0.3, 0.4) is 0 Å². The summed E-state index contributed by atoms with van der Waals surface area (Å²) in [4.78, 5) is 23.6. The van der Waals surface area contributed by atoms with E-state index >= 15 is 0 Å². The molecule has 0 unspecified atom stereocenters. The average molecular weight is 716 g/mol. The molecule has 1 amide bonds. The number of halogens is 3. The highest BCUT2D eigenvalue weighted by Crippen LogP contribution is 2.38. The van der Waals surface area contributed by atoms with Gasteiger partial charge in [-0.2, -0.15) is 5.10 Å². The van der Waals surface area contributed by atoms with Crippen molar-refractivity contribution >= 4 is 53.5 Å². The Morgan fingerprint density at radius 3 is 2.35 bits per heavy atom. The number of carbonyl (C=O) groups is 1. The molecule has 13 heteroatoms. The van der Waals surface area contributed by atoms with Gasteiger partial charge in [0.25, 0.3) is 0 Å². The van der Waals surface area contributed by atoms with Crippen LogP contribution in [0.5, 0.6) is 5.75 Å². The average Bonchev–Trinajstić information content (AvgIpc) is 3.20. The van der Waals surface area contributed by atoms with Gasteiger partial charge in [0, 0.05) is 25.2 Å². The van der Waals surface area contributed by atoms with Crippen LogP contribution < -0.4 is 4.74 Å². The molecule has 2 heterocycles. The van der Waals surface area contributed by atoms with Gasteiger partial charge in [0.15, 0.2) is 14.1 Å². The number of carbonyl (C=O) groups excluding carboxylic acids is 1. The van der Waals surface area contributed by atoms with Crippen LogP contribution in [-0.2, 0) is 16.2 Å². The number of nitrogens with zero attached hydrogens (tertiary/aromatic N) is 5. The largest absolute Gasteiger partial charge is 0.491 e. The van der Waals surface area contributed by atoms with Crippen molar-refractivity contribution in [2.45, 2.75) is 78.3 Å². The van der Waals surface area contributed by atoms with Gasteiger partial charge in [-0.05, 0) is 80.0 Å². The van der Waals surface area contributed by atoms with Crippen molar-refractivity contribution in [3.63, 3.8) is 0 Å². The minimum Gasteiger partial charge on any atom is -0.491 e. The number of hydrogen-bond acceptors (Lipinski definition) is 7. The van der Waals surface area contributed by atoms with Crippen LogP contribution in [0, 0.1) is 6.92 Å². The lowest BCUT2D eigenvalue weighted by molar-refractivity contribution is 0.0172. The molecule has 236 valence electrons. The Labute approximate surface area is 274 Å². The zero-order valence-electron chi connectivity index (χ0n) is 26.8. The summed E-state index contributed by atoms with van der Waals surface area (Å²) < 4.78 is 21.0. The van der Waals surface area contributed by atoms with E-state index in [0.29, 0.717) is 39.6 Å². The Morgan fingerprint density at radius 2 is 1.79 bits per heavy atom. The quantitative estimate of drug-likeness (QED) is 0.162. The second-order valence-electron chi connectivity index (χ2n) is 13.1. The van der Waals surface area contributed by atoms with E-state index in [-0.39, 0.29) is 11.6 Å². The lowest BCUT2D eigenvalue weighted by Crippen LogP contribution is -2.49. The molecule has 1 aromatic carbocycles. The van der Waals surface area contributed by atoms with Gasteiger partial charge < -0.3 is 18.8 Å². The minimum atomic E-state index is -2.21. The fourth-order valence-electron chi connectivity index (χ4n) is 3.91. The zero-order chi connectivity index (χ0) is 32.5. The number of aromatic nitrogens is 4. The number of rotatable bonds is 9. The summed E-state index contributed by atoms with van der Waals surface area (Å²) in [6.07, 6.45) is 0.875. The molecule has 0 bridgehead atoms. The minimum absolute atomic E-state index is 0.0359. The SMILES string of the molecule is Cc1c(Cl)nc(-c2cc(OC[C@@H](CN(C)C(=O)OC(C)(C)C)O[Si](C)(C)C(C)(C)C)ccc2Cl)nc1-c1c(Br)cnn1C. The zero-order valence-corrected chi connectivity index (χ0v) is 30.9. The smallest absolute Gasteiger partial charge is 0.410 e. The molecule has 0 N–H and O–H groups in total. The molecule has 0 spiro atoms. The fourth-order valence-corrected chi connectivity index (χ4v) is 6.15. The maximum absolute atomic E-state index is 12.7. The van der Waals surface area contributed by atoms with Crippen molar-refractivity contribution in [3.8, 4) is 28.5 Å². The van der Waals surface area contributed by atoms with Crippen LogP contribution in [0.2, 0.25) is 28.3 Å². The molecule has 0 saturated carbocycles. The highest BCUT2D eigenvalue weighted by Gasteiger charge is 2.40. The van der Waals surface area contributed by atoms with Crippen LogP contribution in [0.4, 0.5) is 4.79 Å². The van der Waals surface area contributed by atoms with Crippen molar-refractivity contribution in [3.05, 3.63) is 44.6 Å². The van der Waals surface area contributed by atoms with Crippen LogP contribution in [0.25, 0.3) is 22.8 Å². The Kier molecular flexibility index (Phi) is 11.0. The number of amides is 1. The molecule has 3 aromatic rings. The molecule has 2 aromatic heterocycles. The van der Waals surface area contributed by atoms with E-state index in [1.165, 1.54) is 4.90 Å². The third-order valence-electron chi connectivity index (χ3n) is 7.27. The van der Waals surface area contributed by atoms with E-state index in [0.717, 1.165) is 15.7 Å². The van der Waals surface area contributed by atoms with Crippen molar-refractivity contribution in [1.29, 1.82) is 0 Å². The Morgan fingerprint density at radius 1 is 1.14 bits per heavy atom. The molecule has 0 radical (unpaired) electrons. The second kappa shape index (κ2) is 13.4. The first-order valence-corrected chi connectivity index (χ1v) is 18.4. The summed E-state index contributed by atoms with van der Waals surface area (Å²) >= 11 is 16.8. The van der Waals surface area contributed by atoms with Gasteiger partial charge in [-0.1, -0.05) is 44.0 Å². The first kappa shape index (κ1) is 35.3. The molecule has 0 saturated heterocycles. The first-order valence-electron chi connectivity index (χ1n) is 14.0. The van der Waals surface area contributed by atoms with Gasteiger partial charge in [-0.3, -0.25) is 4.68 Å². The molecule has 9 nitrogen and oxygen atoms in total. The molecule has 0 aliphatic heterocycles. The highest BCUT2D eigenvalue weighted by molar-refractivity contribution is 9.10. The fraction of sp³-hybridized carbons (Fsp3) is 0.533. The van der Waals surface area contributed by atoms with E-state index in [4.69, 9.17) is 42.1 Å². The van der Waals surface area contributed by atoms with Crippen molar-refractivity contribution in [2.75, 3.05) is 20.2 Å². The Balaban J connectivity index is 1.91. The summed E-state index contributed by atoms with van der Waals surface area (Å²) in [6, 6.07) is 5.30.